The standard InChI is InChI=1S/C15H21F2N/c1-2-5-13-6-3-4-7-14(13)18-11-12-8-9-15(16,17)10-12/h3-4,6-7,12,18H,2,5,8-11H2,1H3. The number of halogens is 2. The van der Waals surface area contributed by atoms with Crippen molar-refractivity contribution in [3.63, 3.8) is 0 Å². The molecule has 0 aliphatic heterocycles. The summed E-state index contributed by atoms with van der Waals surface area (Å²) in [6.45, 7) is 2.81. The minimum absolute atomic E-state index is 0.0376. The van der Waals surface area contributed by atoms with Crippen LogP contribution in [0, 0.1) is 5.92 Å². The van der Waals surface area contributed by atoms with Gasteiger partial charge in [-0.3, -0.25) is 0 Å². The first-order chi connectivity index (χ1) is 8.61. The Kier molecular flexibility index (Phi) is 4.20. The Balaban J connectivity index is 1.90. The molecule has 1 aromatic rings. The number of anilines is 1. The summed E-state index contributed by atoms with van der Waals surface area (Å²) < 4.78 is 26.2. The Morgan fingerprint density at radius 1 is 1.33 bits per heavy atom. The molecule has 0 aromatic heterocycles. The van der Waals surface area contributed by atoms with Crippen molar-refractivity contribution in [2.24, 2.45) is 5.92 Å². The van der Waals surface area contributed by atoms with E-state index >= 15 is 0 Å². The lowest BCUT2D eigenvalue weighted by atomic mass is 10.1. The predicted molar refractivity (Wildman–Crippen MR) is 71.2 cm³/mol. The monoisotopic (exact) mass is 253 g/mol. The molecule has 18 heavy (non-hydrogen) atoms. The quantitative estimate of drug-likeness (QED) is 0.815. The molecular weight excluding hydrogens is 232 g/mol. The van der Waals surface area contributed by atoms with Gasteiger partial charge in [0.2, 0.25) is 5.92 Å². The van der Waals surface area contributed by atoms with Crippen molar-refractivity contribution in [3.05, 3.63) is 29.8 Å². The van der Waals surface area contributed by atoms with Crippen LogP contribution < -0.4 is 5.32 Å². The lowest BCUT2D eigenvalue weighted by molar-refractivity contribution is 0.00556. The van der Waals surface area contributed by atoms with E-state index in [1.807, 2.05) is 18.2 Å². The van der Waals surface area contributed by atoms with Gasteiger partial charge < -0.3 is 5.32 Å². The third-order valence-corrected chi connectivity index (χ3v) is 3.62. The van der Waals surface area contributed by atoms with Crippen LogP contribution in [0.4, 0.5) is 14.5 Å². The van der Waals surface area contributed by atoms with E-state index in [2.05, 4.69) is 18.3 Å². The smallest absolute Gasteiger partial charge is 0.248 e. The molecular formula is C15H21F2N. The van der Waals surface area contributed by atoms with Gasteiger partial charge in [0.15, 0.2) is 0 Å². The Morgan fingerprint density at radius 3 is 2.78 bits per heavy atom. The molecule has 1 N–H and O–H groups in total. The van der Waals surface area contributed by atoms with E-state index in [1.54, 1.807) is 0 Å². The van der Waals surface area contributed by atoms with Crippen LogP contribution in [-0.2, 0) is 6.42 Å². The molecule has 0 spiro atoms. The molecule has 1 fully saturated rings. The summed E-state index contributed by atoms with van der Waals surface area (Å²) in [4.78, 5) is 0. The van der Waals surface area contributed by atoms with E-state index in [9.17, 15) is 8.78 Å². The average Bonchev–Trinajstić information content (AvgIpc) is 2.68. The minimum atomic E-state index is -2.44. The molecule has 1 aromatic carbocycles. The molecule has 1 unspecified atom stereocenters. The molecule has 0 saturated heterocycles. The molecule has 1 saturated carbocycles. The summed E-state index contributed by atoms with van der Waals surface area (Å²) in [5, 5.41) is 3.34. The highest BCUT2D eigenvalue weighted by Gasteiger charge is 2.39. The van der Waals surface area contributed by atoms with Crippen LogP contribution in [0.25, 0.3) is 0 Å². The summed E-state index contributed by atoms with van der Waals surface area (Å²) >= 11 is 0. The van der Waals surface area contributed by atoms with Crippen molar-refractivity contribution in [3.8, 4) is 0 Å². The van der Waals surface area contributed by atoms with Crippen LogP contribution in [0.15, 0.2) is 24.3 Å². The van der Waals surface area contributed by atoms with Crippen molar-refractivity contribution in [1.29, 1.82) is 0 Å². The normalized spacial score (nSPS) is 22.1. The van der Waals surface area contributed by atoms with Crippen molar-refractivity contribution in [2.45, 2.75) is 45.0 Å². The summed E-state index contributed by atoms with van der Waals surface area (Å²) in [5.41, 5.74) is 2.39. The molecule has 0 amide bonds. The minimum Gasteiger partial charge on any atom is -0.385 e. The molecule has 0 heterocycles. The zero-order valence-corrected chi connectivity index (χ0v) is 10.9. The van der Waals surface area contributed by atoms with Gasteiger partial charge >= 0.3 is 0 Å². The molecule has 1 nitrogen and oxygen atoms in total. The number of aryl methyl sites for hydroxylation is 1. The van der Waals surface area contributed by atoms with Gasteiger partial charge in [-0.25, -0.2) is 8.78 Å². The van der Waals surface area contributed by atoms with Crippen molar-refractivity contribution in [2.75, 3.05) is 11.9 Å². The lowest BCUT2D eigenvalue weighted by Crippen LogP contribution is -2.15. The first-order valence-electron chi connectivity index (χ1n) is 6.80. The summed E-state index contributed by atoms with van der Waals surface area (Å²) in [7, 11) is 0. The Hall–Kier alpha value is -1.12. The van der Waals surface area contributed by atoms with Crippen molar-refractivity contribution >= 4 is 5.69 Å². The largest absolute Gasteiger partial charge is 0.385 e. The highest BCUT2D eigenvalue weighted by atomic mass is 19.3. The second kappa shape index (κ2) is 5.68. The van der Waals surface area contributed by atoms with E-state index in [4.69, 9.17) is 0 Å². The van der Waals surface area contributed by atoms with Gasteiger partial charge in [0, 0.05) is 25.1 Å². The maximum Gasteiger partial charge on any atom is 0.248 e. The molecule has 0 bridgehead atoms. The number of rotatable bonds is 5. The van der Waals surface area contributed by atoms with Gasteiger partial charge in [-0.15, -0.1) is 0 Å². The summed E-state index contributed by atoms with van der Waals surface area (Å²) in [5.74, 6) is -2.33. The first kappa shape index (κ1) is 13.3. The van der Waals surface area contributed by atoms with Crippen LogP contribution in [-0.4, -0.2) is 12.5 Å². The number of para-hydroxylation sites is 1. The topological polar surface area (TPSA) is 12.0 Å². The fourth-order valence-electron chi connectivity index (χ4n) is 2.65. The zero-order chi connectivity index (χ0) is 13.0. The fourth-order valence-corrected chi connectivity index (χ4v) is 2.65. The molecule has 1 atom stereocenters. The average molecular weight is 253 g/mol. The number of alkyl halides is 2. The van der Waals surface area contributed by atoms with E-state index in [-0.39, 0.29) is 18.8 Å². The van der Waals surface area contributed by atoms with Gasteiger partial charge in [0.25, 0.3) is 0 Å². The predicted octanol–water partition coefficient (Wildman–Crippen LogP) is 4.49. The van der Waals surface area contributed by atoms with Gasteiger partial charge in [0.05, 0.1) is 0 Å². The highest BCUT2D eigenvalue weighted by Crippen LogP contribution is 2.38. The van der Waals surface area contributed by atoms with Crippen molar-refractivity contribution in [1.82, 2.24) is 0 Å². The fraction of sp³-hybridized carbons (Fsp3) is 0.600. The van der Waals surface area contributed by atoms with Crippen LogP contribution >= 0.6 is 0 Å². The van der Waals surface area contributed by atoms with Gasteiger partial charge in [0.1, 0.15) is 0 Å². The van der Waals surface area contributed by atoms with Crippen LogP contribution in [0.2, 0.25) is 0 Å². The third kappa shape index (κ3) is 3.44. The summed E-state index contributed by atoms with van der Waals surface area (Å²) in [6, 6.07) is 8.16. The zero-order valence-electron chi connectivity index (χ0n) is 10.9. The van der Waals surface area contributed by atoms with Crippen LogP contribution in [0.5, 0.6) is 0 Å². The second-order valence-electron chi connectivity index (χ2n) is 5.25. The van der Waals surface area contributed by atoms with Gasteiger partial charge in [-0.1, -0.05) is 31.5 Å². The molecule has 3 heteroatoms. The van der Waals surface area contributed by atoms with E-state index in [0.717, 1.165) is 18.5 Å². The lowest BCUT2D eigenvalue weighted by Gasteiger charge is -2.15. The molecule has 0 radical (unpaired) electrons. The van der Waals surface area contributed by atoms with Crippen LogP contribution in [0.3, 0.4) is 0 Å². The summed E-state index contributed by atoms with van der Waals surface area (Å²) in [6.07, 6.45) is 2.85. The van der Waals surface area contributed by atoms with Gasteiger partial charge in [-0.2, -0.15) is 0 Å². The van der Waals surface area contributed by atoms with E-state index in [1.165, 1.54) is 5.56 Å². The molecule has 100 valence electrons. The van der Waals surface area contributed by atoms with Crippen LogP contribution in [0.1, 0.15) is 38.2 Å². The van der Waals surface area contributed by atoms with E-state index < -0.39 is 5.92 Å². The Morgan fingerprint density at radius 2 is 2.11 bits per heavy atom. The number of hydrogen-bond acceptors (Lipinski definition) is 1. The van der Waals surface area contributed by atoms with Gasteiger partial charge in [-0.05, 0) is 30.4 Å². The maximum absolute atomic E-state index is 13.1. The molecule has 1 aliphatic carbocycles. The first-order valence-corrected chi connectivity index (χ1v) is 6.80. The van der Waals surface area contributed by atoms with Crippen molar-refractivity contribution < 1.29 is 8.78 Å². The number of hydrogen-bond donors (Lipinski definition) is 1. The number of benzene rings is 1. The Bertz CT molecular complexity index is 390. The third-order valence-electron chi connectivity index (χ3n) is 3.62. The number of nitrogens with one attached hydrogen (secondary N) is 1. The Labute approximate surface area is 108 Å². The van der Waals surface area contributed by atoms with E-state index in [0.29, 0.717) is 13.0 Å². The highest BCUT2D eigenvalue weighted by molar-refractivity contribution is 5.51. The molecule has 2 rings (SSSR count). The SMILES string of the molecule is CCCc1ccccc1NCC1CCC(F)(F)C1. The molecule has 1 aliphatic rings. The maximum atomic E-state index is 13.1. The second-order valence-corrected chi connectivity index (χ2v) is 5.25.